The maximum absolute atomic E-state index is 2.45. The molecule has 7 heteroatoms. The van der Waals surface area contributed by atoms with E-state index in [-0.39, 0.29) is 21.1 Å². The molecule has 0 bridgehead atoms. The quantitative estimate of drug-likeness (QED) is 0.0751. The third-order valence-electron chi connectivity index (χ3n) is 13.5. The SMILES string of the molecule is C(=C/P(c1ccccc1)c1ccccc1)/P(c1ccccc1)c1ccccc1.C(=C/P(c1ccccc1)c1ccccc1)/P(c1ccccc1)c1ccccc1.C(=C/P(c1ccccc1)c1ccccc1)/P(c1ccccc1)c1ccccc1.[Pt]. The van der Waals surface area contributed by atoms with Crippen LogP contribution in [0.2, 0.25) is 0 Å². The summed E-state index contributed by atoms with van der Waals surface area (Å²) in [6.45, 7) is 0. The Balaban J connectivity index is 0.000000152. The van der Waals surface area contributed by atoms with Crippen molar-refractivity contribution in [2.75, 3.05) is 0 Å². The predicted octanol–water partition coefficient (Wildman–Crippen LogP) is 17.2. The number of hydrogen-bond acceptors (Lipinski definition) is 0. The molecule has 0 nitrogen and oxygen atoms in total. The summed E-state index contributed by atoms with van der Waals surface area (Å²) in [6, 6.07) is 130. The van der Waals surface area contributed by atoms with Crippen molar-refractivity contribution in [1.29, 1.82) is 0 Å². The van der Waals surface area contributed by atoms with Crippen molar-refractivity contribution < 1.29 is 21.1 Å². The largest absolute Gasteiger partial charge is 0.0622 e. The molecule has 12 rings (SSSR count). The summed E-state index contributed by atoms with van der Waals surface area (Å²) in [5.41, 5.74) is 0. The average molecular weight is 1380 g/mol. The predicted molar refractivity (Wildman–Crippen MR) is 382 cm³/mol. The van der Waals surface area contributed by atoms with Crippen molar-refractivity contribution in [1.82, 2.24) is 0 Å². The number of rotatable bonds is 18. The van der Waals surface area contributed by atoms with Crippen molar-refractivity contribution in [3.05, 3.63) is 399 Å². The van der Waals surface area contributed by atoms with Gasteiger partial charge in [0.25, 0.3) is 0 Å². The van der Waals surface area contributed by atoms with Gasteiger partial charge in [-0.3, -0.25) is 0 Å². The molecule has 0 atom stereocenters. The van der Waals surface area contributed by atoms with Gasteiger partial charge in [0.1, 0.15) is 0 Å². The Morgan fingerprint density at radius 3 is 0.259 bits per heavy atom. The molecule has 0 saturated carbocycles. The summed E-state index contributed by atoms with van der Waals surface area (Å²) in [6.07, 6.45) is 0. The van der Waals surface area contributed by atoms with Gasteiger partial charge in [-0.15, -0.1) is 0 Å². The van der Waals surface area contributed by atoms with Crippen LogP contribution in [0.3, 0.4) is 0 Å². The van der Waals surface area contributed by atoms with Crippen molar-refractivity contribution in [2.24, 2.45) is 0 Å². The second-order valence-corrected chi connectivity index (χ2v) is 31.6. The van der Waals surface area contributed by atoms with Gasteiger partial charge in [0, 0.05) is 21.1 Å². The van der Waals surface area contributed by atoms with Gasteiger partial charge in [0.2, 0.25) is 0 Å². The molecule has 0 amide bonds. The molecular formula is C78H66P6Pt. The average Bonchev–Trinajstić information content (AvgIpc) is 3.69. The molecule has 0 N–H and O–H groups in total. The molecule has 0 aliphatic heterocycles. The minimum absolute atomic E-state index is 0. The smallest absolute Gasteiger partial charge is 0 e. The standard InChI is InChI=1S/3C26H22P2.Pt/c3*1-5-13-23(14-6-1)27(24-15-7-2-8-16-24)21-22-28(25-17-9-3-10-18-25)26-19-11-4-12-20-26;/h3*1-22H;/b3*22-21-;. The van der Waals surface area contributed by atoms with Crippen LogP contribution in [0.5, 0.6) is 0 Å². The molecular weight excluding hydrogens is 1320 g/mol. The van der Waals surface area contributed by atoms with Crippen LogP contribution >= 0.6 is 47.5 Å². The summed E-state index contributed by atoms with van der Waals surface area (Å²) in [5.74, 6) is 14.7. The minimum Gasteiger partial charge on any atom is -0.0622 e. The molecule has 12 aromatic carbocycles. The Labute approximate surface area is 527 Å². The Bertz CT molecular complexity index is 2920. The molecule has 0 spiro atoms. The molecule has 0 aliphatic rings. The van der Waals surface area contributed by atoms with Crippen LogP contribution in [0.15, 0.2) is 399 Å². The molecule has 85 heavy (non-hydrogen) atoms. The van der Waals surface area contributed by atoms with Gasteiger partial charge < -0.3 is 0 Å². The fourth-order valence-electron chi connectivity index (χ4n) is 9.39. The Kier molecular flexibility index (Phi) is 25.7. The first-order valence-electron chi connectivity index (χ1n) is 28.2. The van der Waals surface area contributed by atoms with E-state index >= 15 is 0 Å². The zero-order valence-corrected chi connectivity index (χ0v) is 54.7. The summed E-state index contributed by atoms with van der Waals surface area (Å²) in [4.78, 5) is 0. The van der Waals surface area contributed by atoms with Gasteiger partial charge in [-0.25, -0.2) is 0 Å². The van der Waals surface area contributed by atoms with Crippen LogP contribution in [0.25, 0.3) is 0 Å². The fraction of sp³-hybridized carbons (Fsp3) is 0. The second kappa shape index (κ2) is 34.9. The molecule has 0 saturated heterocycles. The van der Waals surface area contributed by atoms with Crippen LogP contribution in [-0.2, 0) is 21.1 Å². The minimum atomic E-state index is -0.528. The molecule has 0 aromatic heterocycles. The van der Waals surface area contributed by atoms with Crippen molar-refractivity contribution >= 4 is 111 Å². The van der Waals surface area contributed by atoms with Gasteiger partial charge in [0.15, 0.2) is 0 Å². The zero-order valence-electron chi connectivity index (χ0n) is 47.1. The second-order valence-electron chi connectivity index (χ2n) is 19.1. The van der Waals surface area contributed by atoms with Crippen LogP contribution in [0, 0.1) is 0 Å². The summed E-state index contributed by atoms with van der Waals surface area (Å²) in [5, 5.41) is 16.6. The van der Waals surface area contributed by atoms with E-state index < -0.39 is 47.5 Å². The molecule has 12 aromatic rings. The van der Waals surface area contributed by atoms with Gasteiger partial charge in [-0.05, 0) is 111 Å². The molecule has 0 fully saturated rings. The Morgan fingerprint density at radius 1 is 0.118 bits per heavy atom. The number of hydrogen-bond donors (Lipinski definition) is 0. The fourth-order valence-corrected chi connectivity index (χ4v) is 22.4. The van der Waals surface area contributed by atoms with Crippen LogP contribution in [0.4, 0.5) is 0 Å². The molecule has 0 aliphatic carbocycles. The van der Waals surface area contributed by atoms with Gasteiger partial charge in [0.05, 0.1) is 0 Å². The van der Waals surface area contributed by atoms with Crippen LogP contribution in [0.1, 0.15) is 0 Å². The van der Waals surface area contributed by atoms with Crippen molar-refractivity contribution in [2.45, 2.75) is 0 Å². The Morgan fingerprint density at radius 2 is 0.188 bits per heavy atom. The van der Waals surface area contributed by atoms with Crippen molar-refractivity contribution in [3.8, 4) is 0 Å². The number of benzene rings is 12. The third-order valence-corrected chi connectivity index (χ3v) is 27.1. The first kappa shape index (κ1) is 62.7. The van der Waals surface area contributed by atoms with E-state index in [0.29, 0.717) is 0 Å². The van der Waals surface area contributed by atoms with Crippen molar-refractivity contribution in [3.63, 3.8) is 0 Å². The molecule has 0 heterocycles. The first-order chi connectivity index (χ1) is 41.7. The van der Waals surface area contributed by atoms with Crippen LogP contribution < -0.4 is 63.7 Å². The molecule has 0 radical (unpaired) electrons. The van der Waals surface area contributed by atoms with E-state index in [1.54, 1.807) is 0 Å². The first-order valence-corrected chi connectivity index (χ1v) is 36.6. The molecule has 418 valence electrons. The van der Waals surface area contributed by atoms with Gasteiger partial charge in [-0.1, -0.05) is 399 Å². The monoisotopic (exact) mass is 1380 g/mol. The zero-order chi connectivity index (χ0) is 57.1. The van der Waals surface area contributed by atoms with E-state index in [9.17, 15) is 0 Å². The third kappa shape index (κ3) is 18.8. The van der Waals surface area contributed by atoms with Gasteiger partial charge in [-0.2, -0.15) is 0 Å². The van der Waals surface area contributed by atoms with E-state index in [1.807, 2.05) is 0 Å². The van der Waals surface area contributed by atoms with Crippen LogP contribution in [-0.4, -0.2) is 0 Å². The summed E-state index contributed by atoms with van der Waals surface area (Å²) >= 11 is 0. The Hall–Kier alpha value is -6.87. The van der Waals surface area contributed by atoms with E-state index in [0.717, 1.165) is 0 Å². The van der Waals surface area contributed by atoms with Gasteiger partial charge >= 0.3 is 0 Å². The normalized spacial score (nSPS) is 11.2. The topological polar surface area (TPSA) is 0 Å². The van der Waals surface area contributed by atoms with E-state index in [4.69, 9.17) is 0 Å². The van der Waals surface area contributed by atoms with E-state index in [1.165, 1.54) is 63.7 Å². The maximum atomic E-state index is 2.45. The van der Waals surface area contributed by atoms with E-state index in [2.05, 4.69) is 399 Å². The molecule has 0 unspecified atom stereocenters. The summed E-state index contributed by atoms with van der Waals surface area (Å²) in [7, 11) is -3.17. The maximum Gasteiger partial charge on any atom is 0 e. The summed E-state index contributed by atoms with van der Waals surface area (Å²) < 4.78 is 0.